The minimum Gasteiger partial charge on any atom is -0.361 e. The molecule has 1 fully saturated rings. The van der Waals surface area contributed by atoms with Gasteiger partial charge < -0.3 is 15.2 Å². The van der Waals surface area contributed by atoms with Crippen LogP contribution in [0.1, 0.15) is 46.7 Å². The van der Waals surface area contributed by atoms with Crippen LogP contribution in [0.2, 0.25) is 0 Å². The molecule has 1 saturated heterocycles. The molecule has 0 spiro atoms. The van der Waals surface area contributed by atoms with Gasteiger partial charge in [-0.3, -0.25) is 9.59 Å². The third kappa shape index (κ3) is 4.88. The summed E-state index contributed by atoms with van der Waals surface area (Å²) in [7, 11) is -3.97. The number of aryl methyl sites for hydroxylation is 3. The molecule has 3 heterocycles. The van der Waals surface area contributed by atoms with Crippen LogP contribution < -0.4 is 10.0 Å². The summed E-state index contributed by atoms with van der Waals surface area (Å²) in [5.74, 6) is -0.220. The molecule has 1 aliphatic heterocycles. The highest BCUT2D eigenvalue weighted by molar-refractivity contribution is 7.89. The minimum absolute atomic E-state index is 0.0438. The van der Waals surface area contributed by atoms with Gasteiger partial charge in [0.05, 0.1) is 5.56 Å². The second-order valence-electron chi connectivity index (χ2n) is 7.44. The predicted octanol–water partition coefficient (Wildman–Crippen LogP) is 1.88. The van der Waals surface area contributed by atoms with E-state index in [9.17, 15) is 18.0 Å². The zero-order valence-electron chi connectivity index (χ0n) is 17.4. The van der Waals surface area contributed by atoms with Crippen molar-refractivity contribution in [3.8, 4) is 0 Å². The summed E-state index contributed by atoms with van der Waals surface area (Å²) >= 11 is 0. The fourth-order valence-corrected chi connectivity index (χ4v) is 5.10. The van der Waals surface area contributed by atoms with Crippen LogP contribution in [0.5, 0.6) is 0 Å². The number of carbonyl (C=O) groups is 2. The lowest BCUT2D eigenvalue weighted by Gasteiger charge is -2.17. The smallest absolute Gasteiger partial charge is 0.257 e. The van der Waals surface area contributed by atoms with Gasteiger partial charge in [-0.2, -0.15) is 0 Å². The molecule has 3 N–H and O–H groups in total. The Morgan fingerprint density at radius 1 is 1.13 bits per heavy atom. The summed E-state index contributed by atoms with van der Waals surface area (Å²) in [5.41, 5.74) is 1.86. The average Bonchev–Trinajstić information content (AvgIpc) is 3.29. The number of hydrogen-bond donors (Lipinski definition) is 3. The van der Waals surface area contributed by atoms with Crippen molar-refractivity contribution >= 4 is 27.7 Å². The SMILES string of the molecule is Cc1cccc(NC(=O)CCNS(=O)(=O)c2c(C)[nH]c(C)c2C(=O)N2CCCC2)n1. The van der Waals surface area contributed by atoms with Gasteiger partial charge in [0, 0.05) is 43.1 Å². The van der Waals surface area contributed by atoms with Gasteiger partial charge in [0.1, 0.15) is 10.7 Å². The van der Waals surface area contributed by atoms with E-state index in [1.807, 2.05) is 13.0 Å². The standard InChI is InChI=1S/C20H27N5O4S/c1-13-7-6-8-16(22-13)24-17(26)9-10-21-30(28,29)19-15(3)23-14(2)18(19)20(27)25-11-4-5-12-25/h6-8,21,23H,4-5,9-12H2,1-3H3,(H,22,24,26). The number of pyridine rings is 1. The van der Waals surface area contributed by atoms with Gasteiger partial charge in [-0.05, 0) is 45.7 Å². The van der Waals surface area contributed by atoms with Crippen molar-refractivity contribution in [1.82, 2.24) is 19.6 Å². The maximum Gasteiger partial charge on any atom is 0.257 e. The molecule has 30 heavy (non-hydrogen) atoms. The van der Waals surface area contributed by atoms with Crippen LogP contribution in [0.4, 0.5) is 5.82 Å². The first-order valence-corrected chi connectivity index (χ1v) is 11.4. The fourth-order valence-electron chi connectivity index (χ4n) is 3.62. The number of hydrogen-bond acceptors (Lipinski definition) is 5. The van der Waals surface area contributed by atoms with Crippen LogP contribution in [0.15, 0.2) is 23.1 Å². The van der Waals surface area contributed by atoms with Gasteiger partial charge in [0.25, 0.3) is 5.91 Å². The largest absolute Gasteiger partial charge is 0.361 e. The first-order chi connectivity index (χ1) is 14.2. The predicted molar refractivity (Wildman–Crippen MR) is 113 cm³/mol. The number of rotatable bonds is 7. The van der Waals surface area contributed by atoms with Crippen LogP contribution in [0, 0.1) is 20.8 Å². The number of amides is 2. The van der Waals surface area contributed by atoms with Crippen molar-refractivity contribution in [3.05, 3.63) is 40.8 Å². The summed E-state index contributed by atoms with van der Waals surface area (Å²) < 4.78 is 28.3. The quantitative estimate of drug-likeness (QED) is 0.615. The van der Waals surface area contributed by atoms with Gasteiger partial charge >= 0.3 is 0 Å². The van der Waals surface area contributed by atoms with Crippen LogP contribution in [-0.2, 0) is 14.8 Å². The summed E-state index contributed by atoms with van der Waals surface area (Å²) in [6.07, 6.45) is 1.77. The number of anilines is 1. The van der Waals surface area contributed by atoms with Crippen molar-refractivity contribution < 1.29 is 18.0 Å². The molecule has 9 nitrogen and oxygen atoms in total. The molecule has 162 valence electrons. The number of sulfonamides is 1. The summed E-state index contributed by atoms with van der Waals surface area (Å²) in [4.78, 5) is 33.8. The third-order valence-corrected chi connectivity index (χ3v) is 6.63. The van der Waals surface area contributed by atoms with Crippen molar-refractivity contribution in [2.24, 2.45) is 0 Å². The summed E-state index contributed by atoms with van der Waals surface area (Å²) in [6.45, 7) is 6.29. The van der Waals surface area contributed by atoms with Gasteiger partial charge in [-0.25, -0.2) is 18.1 Å². The van der Waals surface area contributed by atoms with Gasteiger partial charge in [0.15, 0.2) is 0 Å². The van der Waals surface area contributed by atoms with Crippen LogP contribution in [0.25, 0.3) is 0 Å². The Kier molecular flexibility index (Phi) is 6.57. The molecule has 0 aromatic carbocycles. The Labute approximate surface area is 176 Å². The van der Waals surface area contributed by atoms with Gasteiger partial charge in [-0.15, -0.1) is 0 Å². The number of aromatic amines is 1. The van der Waals surface area contributed by atoms with E-state index in [1.165, 1.54) is 0 Å². The molecule has 2 amide bonds. The second-order valence-corrected chi connectivity index (χ2v) is 9.14. The van der Waals surface area contributed by atoms with Crippen LogP contribution >= 0.6 is 0 Å². The number of aromatic nitrogens is 2. The minimum atomic E-state index is -3.97. The van der Waals surface area contributed by atoms with Crippen molar-refractivity contribution in [2.75, 3.05) is 25.0 Å². The van der Waals surface area contributed by atoms with E-state index < -0.39 is 10.0 Å². The molecule has 0 atom stereocenters. The number of nitrogens with zero attached hydrogens (tertiary/aromatic N) is 2. The van der Waals surface area contributed by atoms with E-state index >= 15 is 0 Å². The Balaban J connectivity index is 1.68. The third-order valence-electron chi connectivity index (χ3n) is 4.99. The lowest BCUT2D eigenvalue weighted by Crippen LogP contribution is -2.32. The lowest BCUT2D eigenvalue weighted by molar-refractivity contribution is -0.116. The molecule has 0 unspecified atom stereocenters. The maximum atomic E-state index is 12.9. The molecular weight excluding hydrogens is 406 g/mol. The monoisotopic (exact) mass is 433 g/mol. The van der Waals surface area contributed by atoms with Crippen LogP contribution in [-0.4, -0.2) is 54.7 Å². The first kappa shape index (κ1) is 22.0. The Morgan fingerprint density at radius 3 is 2.50 bits per heavy atom. The second kappa shape index (κ2) is 8.97. The molecule has 1 aliphatic rings. The maximum absolute atomic E-state index is 12.9. The Morgan fingerprint density at radius 2 is 1.83 bits per heavy atom. The summed E-state index contributed by atoms with van der Waals surface area (Å²) in [6, 6.07) is 5.25. The summed E-state index contributed by atoms with van der Waals surface area (Å²) in [5, 5.41) is 2.64. The highest BCUT2D eigenvalue weighted by atomic mass is 32.2. The van der Waals surface area contributed by atoms with Gasteiger partial charge in [-0.1, -0.05) is 6.07 Å². The highest BCUT2D eigenvalue weighted by Gasteiger charge is 2.32. The molecule has 0 bridgehead atoms. The molecule has 0 aliphatic carbocycles. The number of likely N-dealkylation sites (tertiary alicyclic amines) is 1. The van der Waals surface area contributed by atoms with Crippen molar-refractivity contribution in [3.63, 3.8) is 0 Å². The van der Waals surface area contributed by atoms with E-state index in [2.05, 4.69) is 20.0 Å². The Hall–Kier alpha value is -2.72. The van der Waals surface area contributed by atoms with E-state index in [-0.39, 0.29) is 35.2 Å². The zero-order chi connectivity index (χ0) is 21.9. The van der Waals surface area contributed by atoms with Crippen LogP contribution in [0.3, 0.4) is 0 Å². The highest BCUT2D eigenvalue weighted by Crippen LogP contribution is 2.26. The Bertz CT molecular complexity index is 1060. The van der Waals surface area contributed by atoms with E-state index in [0.29, 0.717) is 30.3 Å². The van der Waals surface area contributed by atoms with Gasteiger partial charge in [0.2, 0.25) is 15.9 Å². The molecule has 3 rings (SSSR count). The number of nitrogens with one attached hydrogen (secondary N) is 3. The molecular formula is C20H27N5O4S. The van der Waals surface area contributed by atoms with E-state index in [1.54, 1.807) is 30.9 Å². The molecule has 10 heteroatoms. The molecule has 0 radical (unpaired) electrons. The first-order valence-electron chi connectivity index (χ1n) is 9.90. The topological polar surface area (TPSA) is 124 Å². The van der Waals surface area contributed by atoms with Crippen molar-refractivity contribution in [1.29, 1.82) is 0 Å². The zero-order valence-corrected chi connectivity index (χ0v) is 18.2. The fraction of sp³-hybridized carbons (Fsp3) is 0.450. The molecule has 2 aromatic rings. The number of H-pyrrole nitrogens is 1. The molecule has 0 saturated carbocycles. The molecule has 2 aromatic heterocycles. The average molecular weight is 434 g/mol. The van der Waals surface area contributed by atoms with E-state index in [0.717, 1.165) is 18.5 Å². The van der Waals surface area contributed by atoms with Crippen molar-refractivity contribution in [2.45, 2.75) is 44.9 Å². The number of carbonyl (C=O) groups excluding carboxylic acids is 2. The normalized spacial score (nSPS) is 14.2. The van der Waals surface area contributed by atoms with E-state index in [4.69, 9.17) is 0 Å². The lowest BCUT2D eigenvalue weighted by atomic mass is 10.2.